The van der Waals surface area contributed by atoms with Gasteiger partial charge in [-0.15, -0.1) is 0 Å². The summed E-state index contributed by atoms with van der Waals surface area (Å²) < 4.78 is 5.28. The summed E-state index contributed by atoms with van der Waals surface area (Å²) in [5.74, 6) is -0.0429. The van der Waals surface area contributed by atoms with Crippen LogP contribution in [0.4, 0.5) is 0 Å². The highest BCUT2D eigenvalue weighted by atomic mass is 16.5. The predicted molar refractivity (Wildman–Crippen MR) is 87.0 cm³/mol. The first-order valence-electron chi connectivity index (χ1n) is 7.80. The monoisotopic (exact) mass is 300 g/mol. The summed E-state index contributed by atoms with van der Waals surface area (Å²) in [5.41, 5.74) is 4.82. The van der Waals surface area contributed by atoms with Gasteiger partial charge in [-0.05, 0) is 76.1 Å². The Labute approximate surface area is 132 Å². The number of esters is 1. The molecule has 1 aliphatic carbocycles. The smallest absolute Gasteiger partial charge is 0.331 e. The second kappa shape index (κ2) is 6.47. The van der Waals surface area contributed by atoms with Crippen LogP contribution in [-0.2, 0) is 9.53 Å². The molecule has 0 N–H and O–H groups in total. The zero-order valence-electron chi connectivity index (χ0n) is 14.0. The zero-order valence-corrected chi connectivity index (χ0v) is 14.0. The quantitative estimate of drug-likeness (QED) is 0.467. The number of carbonyl (C=O) groups excluding carboxylic acids is 2. The van der Waals surface area contributed by atoms with Crippen LogP contribution < -0.4 is 0 Å². The first-order valence-corrected chi connectivity index (χ1v) is 7.80. The maximum atomic E-state index is 12.5. The summed E-state index contributed by atoms with van der Waals surface area (Å²) in [5, 5.41) is 0. The van der Waals surface area contributed by atoms with Gasteiger partial charge in [0.15, 0.2) is 6.10 Å². The van der Waals surface area contributed by atoms with Crippen molar-refractivity contribution in [2.24, 2.45) is 5.92 Å². The third kappa shape index (κ3) is 3.85. The SMILES string of the molecule is CC(=CC(=O)OC(C)C(=O)c1cc(C)c(C)cc1C)C1CC1. The van der Waals surface area contributed by atoms with E-state index in [0.717, 1.165) is 35.1 Å². The number of benzene rings is 1. The molecule has 1 saturated carbocycles. The van der Waals surface area contributed by atoms with Crippen molar-refractivity contribution in [3.63, 3.8) is 0 Å². The highest BCUT2D eigenvalue weighted by Crippen LogP contribution is 2.35. The molecule has 1 atom stereocenters. The van der Waals surface area contributed by atoms with Crippen LogP contribution in [0.2, 0.25) is 0 Å². The average molecular weight is 300 g/mol. The van der Waals surface area contributed by atoms with Crippen LogP contribution in [0.1, 0.15) is 53.7 Å². The minimum Gasteiger partial charge on any atom is -0.451 e. The van der Waals surface area contributed by atoms with Crippen molar-refractivity contribution in [3.05, 3.63) is 46.0 Å². The molecule has 1 unspecified atom stereocenters. The summed E-state index contributed by atoms with van der Waals surface area (Å²) >= 11 is 0. The third-order valence-corrected chi connectivity index (χ3v) is 4.34. The molecule has 1 aliphatic rings. The molecule has 118 valence electrons. The summed E-state index contributed by atoms with van der Waals surface area (Å²) in [6, 6.07) is 3.87. The minimum absolute atomic E-state index is 0.147. The van der Waals surface area contributed by atoms with Gasteiger partial charge in [0.25, 0.3) is 0 Å². The number of carbonyl (C=O) groups is 2. The molecule has 0 spiro atoms. The molecular formula is C19H24O3. The van der Waals surface area contributed by atoms with Gasteiger partial charge in [0.2, 0.25) is 5.78 Å². The number of ketones is 1. The number of hydrogen-bond donors (Lipinski definition) is 0. The van der Waals surface area contributed by atoms with Crippen molar-refractivity contribution in [1.29, 1.82) is 0 Å². The Hall–Kier alpha value is -1.90. The molecule has 0 aliphatic heterocycles. The molecule has 3 nitrogen and oxygen atoms in total. The largest absolute Gasteiger partial charge is 0.451 e. The van der Waals surface area contributed by atoms with E-state index in [1.165, 1.54) is 6.08 Å². The Kier molecular flexibility index (Phi) is 4.84. The van der Waals surface area contributed by atoms with Crippen LogP contribution in [0.3, 0.4) is 0 Å². The van der Waals surface area contributed by atoms with Gasteiger partial charge in [-0.1, -0.05) is 11.6 Å². The highest BCUT2D eigenvalue weighted by Gasteiger charge is 2.25. The lowest BCUT2D eigenvalue weighted by molar-refractivity contribution is -0.140. The maximum Gasteiger partial charge on any atom is 0.331 e. The Morgan fingerprint density at radius 3 is 2.32 bits per heavy atom. The van der Waals surface area contributed by atoms with E-state index >= 15 is 0 Å². The van der Waals surface area contributed by atoms with Crippen molar-refractivity contribution in [3.8, 4) is 0 Å². The van der Waals surface area contributed by atoms with Crippen LogP contribution in [0.5, 0.6) is 0 Å². The van der Waals surface area contributed by atoms with Gasteiger partial charge in [-0.2, -0.15) is 0 Å². The standard InChI is InChI=1S/C19H24O3/c1-11-8-14(4)17(9-12(11)2)19(21)15(5)22-18(20)10-13(3)16-6-7-16/h8-10,15-16H,6-7H2,1-5H3. The number of ether oxygens (including phenoxy) is 1. The number of allylic oxidation sites excluding steroid dienone is 1. The molecule has 1 aromatic rings. The van der Waals surface area contributed by atoms with Crippen LogP contribution in [0, 0.1) is 26.7 Å². The van der Waals surface area contributed by atoms with E-state index < -0.39 is 12.1 Å². The first kappa shape index (κ1) is 16.5. The summed E-state index contributed by atoms with van der Waals surface area (Å²) in [4.78, 5) is 24.4. The molecule has 0 radical (unpaired) electrons. The van der Waals surface area contributed by atoms with Crippen LogP contribution in [0.15, 0.2) is 23.8 Å². The van der Waals surface area contributed by atoms with E-state index in [9.17, 15) is 9.59 Å². The molecule has 0 saturated heterocycles. The van der Waals surface area contributed by atoms with Crippen LogP contribution in [-0.4, -0.2) is 17.9 Å². The third-order valence-electron chi connectivity index (χ3n) is 4.34. The van der Waals surface area contributed by atoms with Crippen molar-refractivity contribution in [1.82, 2.24) is 0 Å². The number of rotatable bonds is 5. The second-order valence-corrected chi connectivity index (χ2v) is 6.36. The topological polar surface area (TPSA) is 43.4 Å². The predicted octanol–water partition coefficient (Wildman–Crippen LogP) is 4.08. The summed E-state index contributed by atoms with van der Waals surface area (Å²) in [6.07, 6.45) is 3.04. The summed E-state index contributed by atoms with van der Waals surface area (Å²) in [7, 11) is 0. The molecule has 0 heterocycles. The number of hydrogen-bond acceptors (Lipinski definition) is 3. The van der Waals surface area contributed by atoms with Gasteiger partial charge in [0, 0.05) is 11.6 Å². The van der Waals surface area contributed by atoms with Crippen molar-refractivity contribution in [2.45, 2.75) is 53.6 Å². The molecule has 3 heteroatoms. The van der Waals surface area contributed by atoms with Gasteiger partial charge in [-0.25, -0.2) is 4.79 Å². The lowest BCUT2D eigenvalue weighted by Crippen LogP contribution is -2.24. The maximum absolute atomic E-state index is 12.5. The van der Waals surface area contributed by atoms with Gasteiger partial charge in [-0.3, -0.25) is 4.79 Å². The Balaban J connectivity index is 2.07. The van der Waals surface area contributed by atoms with Crippen molar-refractivity contribution >= 4 is 11.8 Å². The molecule has 0 amide bonds. The molecule has 1 fully saturated rings. The van der Waals surface area contributed by atoms with E-state index in [0.29, 0.717) is 11.5 Å². The molecule has 1 aromatic carbocycles. The van der Waals surface area contributed by atoms with Gasteiger partial charge in [0.1, 0.15) is 0 Å². The lowest BCUT2D eigenvalue weighted by Gasteiger charge is -2.14. The van der Waals surface area contributed by atoms with E-state index in [2.05, 4.69) is 0 Å². The van der Waals surface area contributed by atoms with Gasteiger partial charge < -0.3 is 4.74 Å². The van der Waals surface area contributed by atoms with Gasteiger partial charge in [0.05, 0.1) is 0 Å². The van der Waals surface area contributed by atoms with E-state index in [1.54, 1.807) is 6.92 Å². The molecule has 22 heavy (non-hydrogen) atoms. The fourth-order valence-electron chi connectivity index (χ4n) is 2.55. The normalized spacial score (nSPS) is 16.3. The minimum atomic E-state index is -0.767. The fourth-order valence-corrected chi connectivity index (χ4v) is 2.55. The molecule has 0 bridgehead atoms. The Morgan fingerprint density at radius 2 is 1.73 bits per heavy atom. The van der Waals surface area contributed by atoms with Crippen LogP contribution >= 0.6 is 0 Å². The number of Topliss-reactive ketones (excluding diaryl/α,β-unsaturated/α-hetero) is 1. The molecule has 0 aromatic heterocycles. The van der Waals surface area contributed by atoms with Crippen LogP contribution in [0.25, 0.3) is 0 Å². The molecular weight excluding hydrogens is 276 g/mol. The van der Waals surface area contributed by atoms with Crippen molar-refractivity contribution < 1.29 is 14.3 Å². The highest BCUT2D eigenvalue weighted by molar-refractivity contribution is 6.02. The summed E-state index contributed by atoms with van der Waals surface area (Å²) in [6.45, 7) is 9.48. The Morgan fingerprint density at radius 1 is 1.14 bits per heavy atom. The average Bonchev–Trinajstić information content (AvgIpc) is 3.26. The molecule has 2 rings (SSSR count). The number of aryl methyl sites for hydroxylation is 3. The zero-order chi connectivity index (χ0) is 16.4. The Bertz CT molecular complexity index is 636. The van der Waals surface area contributed by atoms with E-state index in [4.69, 9.17) is 4.74 Å². The lowest BCUT2D eigenvalue weighted by atomic mass is 9.96. The van der Waals surface area contributed by atoms with Gasteiger partial charge >= 0.3 is 5.97 Å². The van der Waals surface area contributed by atoms with E-state index in [1.807, 2.05) is 39.8 Å². The first-order chi connectivity index (χ1) is 10.3. The van der Waals surface area contributed by atoms with Crippen molar-refractivity contribution in [2.75, 3.05) is 0 Å². The fraction of sp³-hybridized carbons (Fsp3) is 0.474. The second-order valence-electron chi connectivity index (χ2n) is 6.36. The van der Waals surface area contributed by atoms with E-state index in [-0.39, 0.29) is 5.78 Å².